The van der Waals surface area contributed by atoms with Crippen molar-refractivity contribution in [2.24, 2.45) is 0 Å². The van der Waals surface area contributed by atoms with Crippen LogP contribution < -0.4 is 10.3 Å². The number of pyridine rings is 1. The van der Waals surface area contributed by atoms with Crippen molar-refractivity contribution in [2.75, 3.05) is 4.72 Å². The number of fused-ring (bicyclic) bond motifs is 1. The summed E-state index contributed by atoms with van der Waals surface area (Å²) < 4.78 is 32.0. The monoisotopic (exact) mass is 302 g/mol. The van der Waals surface area contributed by atoms with Gasteiger partial charge in [0.05, 0.1) is 16.8 Å². The van der Waals surface area contributed by atoms with Crippen molar-refractivity contribution in [1.29, 1.82) is 0 Å². The Bertz CT molecular complexity index is 949. The average Bonchev–Trinajstić information content (AvgIpc) is 2.47. The molecule has 106 valence electrons. The molecule has 0 unspecified atom stereocenters. The molecule has 3 aromatic rings. The third kappa shape index (κ3) is 2.77. The highest BCUT2D eigenvalue weighted by Gasteiger charge is 2.15. The molecule has 0 atom stereocenters. The number of hydrogen-bond acceptors (Lipinski definition) is 5. The molecule has 2 aromatic heterocycles. The lowest BCUT2D eigenvalue weighted by Gasteiger charge is -2.08. The molecule has 0 fully saturated rings. The molecule has 1 aromatic carbocycles. The van der Waals surface area contributed by atoms with Gasteiger partial charge < -0.3 is 4.42 Å². The van der Waals surface area contributed by atoms with E-state index in [2.05, 4.69) is 9.71 Å². The van der Waals surface area contributed by atoms with Crippen LogP contribution in [0.2, 0.25) is 0 Å². The Balaban J connectivity index is 2.03. The molecular weight excluding hydrogens is 292 g/mol. The van der Waals surface area contributed by atoms with Crippen LogP contribution in [0.5, 0.6) is 0 Å². The van der Waals surface area contributed by atoms with Gasteiger partial charge in [0.2, 0.25) is 0 Å². The van der Waals surface area contributed by atoms with Crippen LogP contribution in [0.15, 0.2) is 69.0 Å². The second kappa shape index (κ2) is 5.02. The third-order valence-electron chi connectivity index (χ3n) is 2.81. The first kappa shape index (κ1) is 13.3. The van der Waals surface area contributed by atoms with Gasteiger partial charge in [0.1, 0.15) is 5.58 Å². The molecule has 0 aliphatic rings. The Morgan fingerprint density at radius 1 is 1.10 bits per heavy atom. The van der Waals surface area contributed by atoms with E-state index in [9.17, 15) is 13.2 Å². The summed E-state index contributed by atoms with van der Waals surface area (Å²) in [5.74, 6) is 0. The molecule has 0 radical (unpaired) electrons. The molecule has 6 nitrogen and oxygen atoms in total. The molecule has 0 aliphatic heterocycles. The summed E-state index contributed by atoms with van der Waals surface area (Å²) in [5, 5.41) is 0.531. The number of nitrogens with one attached hydrogen (secondary N) is 1. The normalized spacial score (nSPS) is 11.4. The topological polar surface area (TPSA) is 89.3 Å². The Hall–Kier alpha value is -2.67. The van der Waals surface area contributed by atoms with E-state index in [1.807, 2.05) is 0 Å². The van der Waals surface area contributed by atoms with Gasteiger partial charge in [-0.15, -0.1) is 0 Å². The maximum atomic E-state index is 12.3. The van der Waals surface area contributed by atoms with Gasteiger partial charge in [-0.2, -0.15) is 0 Å². The molecule has 1 N–H and O–H groups in total. The van der Waals surface area contributed by atoms with E-state index in [1.54, 1.807) is 18.3 Å². The molecule has 21 heavy (non-hydrogen) atoms. The van der Waals surface area contributed by atoms with Crippen LogP contribution >= 0.6 is 0 Å². The fourth-order valence-corrected chi connectivity index (χ4v) is 2.93. The first-order chi connectivity index (χ1) is 10.0. The van der Waals surface area contributed by atoms with Crippen molar-refractivity contribution in [3.05, 3.63) is 65.3 Å². The summed E-state index contributed by atoms with van der Waals surface area (Å²) >= 11 is 0. The fourth-order valence-electron chi connectivity index (χ4n) is 1.85. The maximum absolute atomic E-state index is 12.3. The van der Waals surface area contributed by atoms with Gasteiger partial charge in [-0.05, 0) is 36.4 Å². The average molecular weight is 302 g/mol. The second-order valence-corrected chi connectivity index (χ2v) is 5.98. The van der Waals surface area contributed by atoms with E-state index >= 15 is 0 Å². The van der Waals surface area contributed by atoms with Crippen LogP contribution in [0.25, 0.3) is 11.0 Å². The summed E-state index contributed by atoms with van der Waals surface area (Å²) in [6.45, 7) is 0. The molecule has 7 heteroatoms. The van der Waals surface area contributed by atoms with Gasteiger partial charge in [0.15, 0.2) is 0 Å². The number of nitrogens with zero attached hydrogens (tertiary/aromatic N) is 1. The maximum Gasteiger partial charge on any atom is 0.336 e. The lowest BCUT2D eigenvalue weighted by Crippen LogP contribution is -2.13. The van der Waals surface area contributed by atoms with E-state index < -0.39 is 15.6 Å². The second-order valence-electron chi connectivity index (χ2n) is 4.30. The highest BCUT2D eigenvalue weighted by Crippen LogP contribution is 2.20. The van der Waals surface area contributed by atoms with E-state index in [-0.39, 0.29) is 4.90 Å². The van der Waals surface area contributed by atoms with E-state index in [4.69, 9.17) is 4.42 Å². The van der Waals surface area contributed by atoms with Crippen molar-refractivity contribution in [3.8, 4) is 0 Å². The van der Waals surface area contributed by atoms with Crippen molar-refractivity contribution in [1.82, 2.24) is 4.98 Å². The van der Waals surface area contributed by atoms with E-state index in [0.717, 1.165) is 0 Å². The van der Waals surface area contributed by atoms with Gasteiger partial charge >= 0.3 is 5.63 Å². The number of aromatic nitrogens is 1. The number of rotatable bonds is 3. The van der Waals surface area contributed by atoms with Gasteiger partial charge in [0.25, 0.3) is 10.0 Å². The van der Waals surface area contributed by atoms with Crippen molar-refractivity contribution >= 4 is 26.7 Å². The highest BCUT2D eigenvalue weighted by molar-refractivity contribution is 7.92. The number of anilines is 1. The molecule has 0 aliphatic carbocycles. The lowest BCUT2D eigenvalue weighted by molar-refractivity contribution is 0.560. The fraction of sp³-hybridized carbons (Fsp3) is 0. The molecule has 3 rings (SSSR count). The highest BCUT2D eigenvalue weighted by atomic mass is 32.2. The molecule has 0 saturated heterocycles. The van der Waals surface area contributed by atoms with Crippen molar-refractivity contribution in [3.63, 3.8) is 0 Å². The zero-order chi connectivity index (χ0) is 14.9. The van der Waals surface area contributed by atoms with Crippen LogP contribution in [0, 0.1) is 0 Å². The Morgan fingerprint density at radius 3 is 2.71 bits per heavy atom. The third-order valence-corrected chi connectivity index (χ3v) is 4.19. The van der Waals surface area contributed by atoms with Crippen LogP contribution in [0.1, 0.15) is 0 Å². The predicted molar refractivity (Wildman–Crippen MR) is 77.5 cm³/mol. The minimum atomic E-state index is -3.72. The molecular formula is C14H10N2O4S. The van der Waals surface area contributed by atoms with Crippen molar-refractivity contribution < 1.29 is 12.8 Å². The van der Waals surface area contributed by atoms with Crippen LogP contribution in [-0.4, -0.2) is 13.4 Å². The Kier molecular flexibility index (Phi) is 3.19. The lowest BCUT2D eigenvalue weighted by atomic mass is 10.2. The first-order valence-corrected chi connectivity index (χ1v) is 7.50. The number of hydrogen-bond donors (Lipinski definition) is 1. The number of sulfonamides is 1. The van der Waals surface area contributed by atoms with Gasteiger partial charge in [-0.1, -0.05) is 0 Å². The van der Waals surface area contributed by atoms with Crippen LogP contribution in [0.4, 0.5) is 5.69 Å². The Labute approximate surface area is 120 Å². The molecule has 0 spiro atoms. The summed E-state index contributed by atoms with van der Waals surface area (Å²) in [5.41, 5.74) is 0.228. The molecule has 2 heterocycles. The molecule has 0 saturated carbocycles. The zero-order valence-electron chi connectivity index (χ0n) is 10.7. The summed E-state index contributed by atoms with van der Waals surface area (Å²) in [6, 6.07) is 10.3. The largest absolute Gasteiger partial charge is 0.423 e. The van der Waals surface area contributed by atoms with E-state index in [0.29, 0.717) is 16.7 Å². The van der Waals surface area contributed by atoms with Gasteiger partial charge in [-0.3, -0.25) is 9.71 Å². The SMILES string of the molecule is O=c1ccc2cc(S(=O)(=O)Nc3cccnc3)ccc2o1. The summed E-state index contributed by atoms with van der Waals surface area (Å²) in [4.78, 5) is 15.0. The summed E-state index contributed by atoms with van der Waals surface area (Å²) in [7, 11) is -3.72. The van der Waals surface area contributed by atoms with Crippen molar-refractivity contribution in [2.45, 2.75) is 4.90 Å². The smallest absolute Gasteiger partial charge is 0.336 e. The minimum Gasteiger partial charge on any atom is -0.423 e. The summed E-state index contributed by atoms with van der Waals surface area (Å²) in [6.07, 6.45) is 2.97. The number of benzene rings is 1. The Morgan fingerprint density at radius 2 is 1.95 bits per heavy atom. The molecule has 0 amide bonds. The van der Waals surface area contributed by atoms with Gasteiger partial charge in [0, 0.05) is 17.6 Å². The zero-order valence-corrected chi connectivity index (χ0v) is 11.5. The van der Waals surface area contributed by atoms with Crippen LogP contribution in [0.3, 0.4) is 0 Å². The quantitative estimate of drug-likeness (QED) is 0.747. The van der Waals surface area contributed by atoms with Gasteiger partial charge in [-0.25, -0.2) is 13.2 Å². The predicted octanol–water partition coefficient (Wildman–Crippen LogP) is 1.99. The minimum absolute atomic E-state index is 0.0766. The van der Waals surface area contributed by atoms with E-state index in [1.165, 1.54) is 36.5 Å². The first-order valence-electron chi connectivity index (χ1n) is 6.01. The molecule has 0 bridgehead atoms. The van der Waals surface area contributed by atoms with Crippen LogP contribution in [-0.2, 0) is 10.0 Å². The standard InChI is InChI=1S/C14H10N2O4S/c17-14-6-3-10-8-12(4-5-13(10)20-14)21(18,19)16-11-2-1-7-15-9-11/h1-9,16H.